The van der Waals surface area contributed by atoms with Gasteiger partial charge in [-0.05, 0) is 38.1 Å². The van der Waals surface area contributed by atoms with Gasteiger partial charge < -0.3 is 13.9 Å². The van der Waals surface area contributed by atoms with Crippen molar-refractivity contribution in [1.82, 2.24) is 24.1 Å². The van der Waals surface area contributed by atoms with Gasteiger partial charge in [-0.15, -0.1) is 0 Å². The first-order chi connectivity index (χ1) is 12.1. The predicted octanol–water partition coefficient (Wildman–Crippen LogP) is 3.62. The maximum atomic E-state index is 5.92. The van der Waals surface area contributed by atoms with E-state index in [0.717, 1.165) is 28.3 Å². The summed E-state index contributed by atoms with van der Waals surface area (Å²) in [6.07, 6.45) is 5.58. The Labute approximate surface area is 145 Å². The zero-order valence-electron chi connectivity index (χ0n) is 14.5. The van der Waals surface area contributed by atoms with Crippen molar-refractivity contribution in [1.29, 1.82) is 0 Å². The number of aryl methyl sites for hydroxylation is 3. The molecule has 0 fully saturated rings. The van der Waals surface area contributed by atoms with Crippen LogP contribution >= 0.6 is 0 Å². The summed E-state index contributed by atoms with van der Waals surface area (Å²) >= 11 is 0. The Morgan fingerprint density at radius 2 is 1.96 bits per heavy atom. The van der Waals surface area contributed by atoms with Crippen LogP contribution in [0.5, 0.6) is 11.6 Å². The molecule has 0 atom stereocenters. The number of ether oxygens (including phenoxy) is 1. The van der Waals surface area contributed by atoms with Gasteiger partial charge in [-0.1, -0.05) is 0 Å². The minimum Gasteiger partial charge on any atom is -0.439 e. The lowest BCUT2D eigenvalue weighted by molar-refractivity contribution is 0.460. The van der Waals surface area contributed by atoms with Crippen LogP contribution in [-0.4, -0.2) is 24.1 Å². The Kier molecular flexibility index (Phi) is 3.72. The van der Waals surface area contributed by atoms with Gasteiger partial charge in [0, 0.05) is 36.4 Å². The van der Waals surface area contributed by atoms with Crippen molar-refractivity contribution in [2.24, 2.45) is 7.05 Å². The van der Waals surface area contributed by atoms with E-state index in [1.807, 2.05) is 57.6 Å². The predicted molar refractivity (Wildman–Crippen MR) is 95.8 cm³/mol. The number of aromatic nitrogens is 5. The van der Waals surface area contributed by atoms with E-state index in [0.29, 0.717) is 12.4 Å². The second-order valence-corrected chi connectivity index (χ2v) is 6.15. The second kappa shape index (κ2) is 6.05. The highest BCUT2D eigenvalue weighted by Gasteiger charge is 2.07. The van der Waals surface area contributed by atoms with E-state index in [1.165, 1.54) is 11.8 Å². The zero-order valence-corrected chi connectivity index (χ0v) is 14.5. The lowest BCUT2D eigenvalue weighted by Crippen LogP contribution is -2.03. The van der Waals surface area contributed by atoms with Crippen molar-refractivity contribution >= 4 is 10.9 Å². The van der Waals surface area contributed by atoms with Crippen molar-refractivity contribution < 1.29 is 4.74 Å². The largest absolute Gasteiger partial charge is 0.439 e. The van der Waals surface area contributed by atoms with Crippen molar-refractivity contribution in [2.45, 2.75) is 20.4 Å². The molecule has 0 unspecified atom stereocenters. The Morgan fingerprint density at radius 3 is 2.76 bits per heavy atom. The maximum absolute atomic E-state index is 5.92. The molecule has 3 aromatic heterocycles. The molecule has 0 bridgehead atoms. The Balaban J connectivity index is 1.57. The van der Waals surface area contributed by atoms with Crippen LogP contribution in [0.1, 0.15) is 17.2 Å². The summed E-state index contributed by atoms with van der Waals surface area (Å²) in [7, 11) is 2.03. The summed E-state index contributed by atoms with van der Waals surface area (Å²) in [6, 6.07) is 9.94. The first-order valence-corrected chi connectivity index (χ1v) is 8.13. The molecule has 0 aliphatic rings. The van der Waals surface area contributed by atoms with E-state index in [9.17, 15) is 0 Å². The molecule has 0 saturated carbocycles. The average molecular weight is 333 g/mol. The molecule has 6 heteroatoms. The summed E-state index contributed by atoms with van der Waals surface area (Å²) in [5.74, 6) is 2.26. The van der Waals surface area contributed by atoms with E-state index >= 15 is 0 Å². The fraction of sp³-hybridized carbons (Fsp3) is 0.211. The molecule has 0 amide bonds. The Morgan fingerprint density at radius 1 is 1.08 bits per heavy atom. The highest BCUT2D eigenvalue weighted by molar-refractivity contribution is 5.81. The van der Waals surface area contributed by atoms with Crippen LogP contribution in [0.2, 0.25) is 0 Å². The number of rotatable bonds is 4. The Bertz CT molecular complexity index is 1050. The first-order valence-electron chi connectivity index (χ1n) is 8.13. The van der Waals surface area contributed by atoms with Crippen LogP contribution in [0.4, 0.5) is 0 Å². The summed E-state index contributed by atoms with van der Waals surface area (Å²) < 4.78 is 10.1. The summed E-state index contributed by atoms with van der Waals surface area (Å²) in [5.41, 5.74) is 3.05. The molecule has 126 valence electrons. The van der Waals surface area contributed by atoms with Crippen LogP contribution in [0.25, 0.3) is 10.9 Å². The molecule has 6 nitrogen and oxygen atoms in total. The number of benzene rings is 1. The summed E-state index contributed by atoms with van der Waals surface area (Å²) in [5, 5.41) is 1.14. The van der Waals surface area contributed by atoms with E-state index in [1.54, 1.807) is 0 Å². The topological polar surface area (TPSA) is 57.8 Å². The van der Waals surface area contributed by atoms with Gasteiger partial charge in [-0.2, -0.15) is 0 Å². The van der Waals surface area contributed by atoms with Crippen LogP contribution in [0.3, 0.4) is 0 Å². The van der Waals surface area contributed by atoms with Crippen molar-refractivity contribution in [2.75, 3.05) is 0 Å². The van der Waals surface area contributed by atoms with E-state index < -0.39 is 0 Å². The van der Waals surface area contributed by atoms with E-state index in [4.69, 9.17) is 4.74 Å². The SMILES string of the molecule is Cc1cn(Cc2cc(Oc3ccc4c(ccn4C)c3)ncn2)c(C)n1. The number of imidazole rings is 1. The molecule has 0 spiro atoms. The molecule has 0 aliphatic heterocycles. The summed E-state index contributed by atoms with van der Waals surface area (Å²) in [4.78, 5) is 13.0. The highest BCUT2D eigenvalue weighted by Crippen LogP contribution is 2.25. The van der Waals surface area contributed by atoms with Crippen molar-refractivity contribution in [3.63, 3.8) is 0 Å². The van der Waals surface area contributed by atoms with E-state index in [2.05, 4.69) is 30.2 Å². The third kappa shape index (κ3) is 3.10. The van der Waals surface area contributed by atoms with Crippen molar-refractivity contribution in [3.05, 3.63) is 66.3 Å². The molecule has 4 rings (SSSR count). The monoisotopic (exact) mass is 333 g/mol. The van der Waals surface area contributed by atoms with Gasteiger partial charge in [-0.25, -0.2) is 15.0 Å². The third-order valence-corrected chi connectivity index (χ3v) is 4.21. The zero-order chi connectivity index (χ0) is 17.4. The standard InChI is InChI=1S/C19H19N5O/c1-13-10-24(14(2)22-13)11-16-9-19(21-12-20-16)25-17-4-5-18-15(8-17)6-7-23(18)3/h4-10,12H,11H2,1-3H3. The molecular weight excluding hydrogens is 314 g/mol. The van der Waals surface area contributed by atoms with Gasteiger partial charge in [0.2, 0.25) is 5.88 Å². The number of hydrogen-bond acceptors (Lipinski definition) is 4. The van der Waals surface area contributed by atoms with Gasteiger partial charge in [0.1, 0.15) is 17.9 Å². The van der Waals surface area contributed by atoms with Crippen LogP contribution in [0.15, 0.2) is 49.1 Å². The van der Waals surface area contributed by atoms with Gasteiger partial charge in [0.05, 0.1) is 17.9 Å². The smallest absolute Gasteiger partial charge is 0.222 e. The normalized spacial score (nSPS) is 11.2. The van der Waals surface area contributed by atoms with Crippen LogP contribution in [0, 0.1) is 13.8 Å². The minimum absolute atomic E-state index is 0.537. The minimum atomic E-state index is 0.537. The fourth-order valence-corrected chi connectivity index (χ4v) is 2.97. The quantitative estimate of drug-likeness (QED) is 0.572. The second-order valence-electron chi connectivity index (χ2n) is 6.15. The average Bonchev–Trinajstić information content (AvgIpc) is 3.10. The number of nitrogens with zero attached hydrogens (tertiary/aromatic N) is 5. The summed E-state index contributed by atoms with van der Waals surface area (Å²) in [6.45, 7) is 4.61. The molecule has 0 N–H and O–H groups in total. The highest BCUT2D eigenvalue weighted by atomic mass is 16.5. The number of hydrogen-bond donors (Lipinski definition) is 0. The molecule has 0 aliphatic carbocycles. The van der Waals surface area contributed by atoms with Gasteiger partial charge >= 0.3 is 0 Å². The molecule has 1 aromatic carbocycles. The van der Waals surface area contributed by atoms with Gasteiger partial charge in [0.15, 0.2) is 0 Å². The lowest BCUT2D eigenvalue weighted by Gasteiger charge is -2.08. The lowest BCUT2D eigenvalue weighted by atomic mass is 10.2. The first kappa shape index (κ1) is 15.4. The molecule has 25 heavy (non-hydrogen) atoms. The molecule has 0 radical (unpaired) electrons. The van der Waals surface area contributed by atoms with Crippen LogP contribution < -0.4 is 4.74 Å². The number of fused-ring (bicyclic) bond motifs is 1. The third-order valence-electron chi connectivity index (χ3n) is 4.21. The molecule has 4 aromatic rings. The van der Waals surface area contributed by atoms with E-state index in [-0.39, 0.29) is 0 Å². The van der Waals surface area contributed by atoms with Crippen molar-refractivity contribution in [3.8, 4) is 11.6 Å². The molecule has 3 heterocycles. The molecular formula is C19H19N5O. The molecule has 0 saturated heterocycles. The Hall–Kier alpha value is -3.15. The van der Waals surface area contributed by atoms with Gasteiger partial charge in [-0.3, -0.25) is 0 Å². The van der Waals surface area contributed by atoms with Crippen LogP contribution in [-0.2, 0) is 13.6 Å². The van der Waals surface area contributed by atoms with Gasteiger partial charge in [0.25, 0.3) is 0 Å². The maximum Gasteiger partial charge on any atom is 0.222 e. The fourth-order valence-electron chi connectivity index (χ4n) is 2.97.